The highest BCUT2D eigenvalue weighted by Gasteiger charge is 1.96. The molecule has 16 heavy (non-hydrogen) atoms. The van der Waals surface area contributed by atoms with Gasteiger partial charge in [-0.2, -0.15) is 5.10 Å². The van der Waals surface area contributed by atoms with Gasteiger partial charge in [0, 0.05) is 24.5 Å². The molecule has 1 heterocycles. The summed E-state index contributed by atoms with van der Waals surface area (Å²) in [6, 6.07) is 3.80. The Morgan fingerprint density at radius 2 is 2.50 bits per heavy atom. The van der Waals surface area contributed by atoms with Gasteiger partial charge in [0.05, 0.1) is 5.71 Å². The number of pyridine rings is 1. The summed E-state index contributed by atoms with van der Waals surface area (Å²) < 4.78 is 0. The summed E-state index contributed by atoms with van der Waals surface area (Å²) in [6.45, 7) is 6.09. The van der Waals surface area contributed by atoms with E-state index in [-0.39, 0.29) is 0 Å². The topological polar surface area (TPSA) is 49.3 Å². The van der Waals surface area contributed by atoms with Crippen LogP contribution in [-0.2, 0) is 0 Å². The van der Waals surface area contributed by atoms with Crippen molar-refractivity contribution in [3.63, 3.8) is 0 Å². The Labute approximate surface area is 100 Å². The smallest absolute Gasteiger partial charge is 0.187 e. The maximum atomic E-state index is 5.00. The number of hydrogen-bond acceptors (Lipinski definition) is 3. The van der Waals surface area contributed by atoms with Crippen LogP contribution >= 0.6 is 12.2 Å². The molecule has 0 aliphatic heterocycles. The third-order valence-corrected chi connectivity index (χ3v) is 2.05. The molecule has 0 fully saturated rings. The molecule has 4 nitrogen and oxygen atoms in total. The van der Waals surface area contributed by atoms with Crippen molar-refractivity contribution in [2.24, 2.45) is 5.10 Å². The lowest BCUT2D eigenvalue weighted by Gasteiger charge is -2.05. The Balaban J connectivity index is 2.51. The van der Waals surface area contributed by atoms with E-state index in [4.69, 9.17) is 12.2 Å². The molecule has 0 aromatic carbocycles. The number of hydrazone groups is 1. The minimum Gasteiger partial charge on any atom is -0.358 e. The Hall–Kier alpha value is -1.75. The van der Waals surface area contributed by atoms with Crippen molar-refractivity contribution in [2.75, 3.05) is 6.54 Å². The van der Waals surface area contributed by atoms with Crippen LogP contribution in [0.5, 0.6) is 0 Å². The van der Waals surface area contributed by atoms with Crippen molar-refractivity contribution in [2.45, 2.75) is 6.92 Å². The van der Waals surface area contributed by atoms with Crippen LogP contribution in [0.1, 0.15) is 12.5 Å². The molecule has 0 spiro atoms. The molecule has 0 unspecified atom stereocenters. The van der Waals surface area contributed by atoms with E-state index in [1.54, 1.807) is 18.5 Å². The first-order chi connectivity index (χ1) is 7.74. The zero-order chi connectivity index (χ0) is 11.8. The summed E-state index contributed by atoms with van der Waals surface area (Å²) in [5.74, 6) is 0. The van der Waals surface area contributed by atoms with E-state index >= 15 is 0 Å². The number of nitrogens with one attached hydrogen (secondary N) is 2. The first-order valence-electron chi connectivity index (χ1n) is 4.83. The van der Waals surface area contributed by atoms with Crippen LogP contribution in [0.15, 0.2) is 42.3 Å². The molecule has 2 N–H and O–H groups in total. The lowest BCUT2D eigenvalue weighted by molar-refractivity contribution is 0.936. The van der Waals surface area contributed by atoms with Crippen LogP contribution in [0.25, 0.3) is 0 Å². The SMILES string of the molecule is C=CCNC(=S)N/N=C(/C)c1cccnc1. The van der Waals surface area contributed by atoms with E-state index in [1.807, 2.05) is 19.1 Å². The Kier molecular flexibility index (Phi) is 5.15. The maximum absolute atomic E-state index is 5.00. The number of nitrogens with zero attached hydrogens (tertiary/aromatic N) is 2. The van der Waals surface area contributed by atoms with Crippen molar-refractivity contribution < 1.29 is 0 Å². The van der Waals surface area contributed by atoms with Crippen molar-refractivity contribution >= 4 is 23.0 Å². The number of rotatable bonds is 4. The standard InChI is InChI=1S/C11H14N4S/c1-3-6-13-11(16)15-14-9(2)10-5-4-7-12-8-10/h3-5,7-8H,1,6H2,2H3,(H2,13,15,16)/b14-9-. The van der Waals surface area contributed by atoms with Crippen molar-refractivity contribution in [1.29, 1.82) is 0 Å². The maximum Gasteiger partial charge on any atom is 0.187 e. The molecule has 84 valence electrons. The molecule has 0 aliphatic rings. The van der Waals surface area contributed by atoms with Crippen molar-refractivity contribution in [3.05, 3.63) is 42.7 Å². The van der Waals surface area contributed by atoms with Gasteiger partial charge in [0.25, 0.3) is 0 Å². The Morgan fingerprint density at radius 1 is 1.69 bits per heavy atom. The van der Waals surface area contributed by atoms with Gasteiger partial charge >= 0.3 is 0 Å². The van der Waals surface area contributed by atoms with Gasteiger partial charge in [0.1, 0.15) is 0 Å². The lowest BCUT2D eigenvalue weighted by atomic mass is 10.2. The average molecular weight is 234 g/mol. The predicted octanol–water partition coefficient (Wildman–Crippen LogP) is 1.46. The van der Waals surface area contributed by atoms with Gasteiger partial charge in [-0.3, -0.25) is 10.4 Å². The fourth-order valence-corrected chi connectivity index (χ4v) is 1.11. The third-order valence-electron chi connectivity index (χ3n) is 1.81. The van der Waals surface area contributed by atoms with Crippen LogP contribution in [-0.4, -0.2) is 22.4 Å². The second-order valence-corrected chi connectivity index (χ2v) is 3.46. The highest BCUT2D eigenvalue weighted by atomic mass is 32.1. The van der Waals surface area contributed by atoms with E-state index in [0.29, 0.717) is 11.7 Å². The first-order valence-corrected chi connectivity index (χ1v) is 5.24. The molecule has 0 saturated carbocycles. The van der Waals surface area contributed by atoms with Crippen LogP contribution in [0.4, 0.5) is 0 Å². The summed E-state index contributed by atoms with van der Waals surface area (Å²) in [6.07, 6.45) is 5.20. The molecule has 0 amide bonds. The minimum atomic E-state index is 0.475. The third kappa shape index (κ3) is 4.18. The van der Waals surface area contributed by atoms with E-state index in [9.17, 15) is 0 Å². The van der Waals surface area contributed by atoms with E-state index < -0.39 is 0 Å². The second kappa shape index (κ2) is 6.68. The highest BCUT2D eigenvalue weighted by molar-refractivity contribution is 7.80. The Bertz CT molecular complexity index is 386. The van der Waals surface area contributed by atoms with Crippen molar-refractivity contribution in [1.82, 2.24) is 15.7 Å². The van der Waals surface area contributed by atoms with Gasteiger partial charge < -0.3 is 5.32 Å². The molecule has 1 aromatic rings. The number of hydrogen-bond donors (Lipinski definition) is 2. The molecule has 0 radical (unpaired) electrons. The number of thiocarbonyl (C=S) groups is 1. The molecular weight excluding hydrogens is 220 g/mol. The summed E-state index contributed by atoms with van der Waals surface area (Å²) in [4.78, 5) is 4.01. The molecule has 1 aromatic heterocycles. The highest BCUT2D eigenvalue weighted by Crippen LogP contribution is 1.97. The molecular formula is C11H14N4S. The number of aromatic nitrogens is 1. The van der Waals surface area contributed by atoms with Gasteiger partial charge in [-0.15, -0.1) is 6.58 Å². The van der Waals surface area contributed by atoms with E-state index in [2.05, 4.69) is 27.4 Å². The lowest BCUT2D eigenvalue weighted by Crippen LogP contribution is -2.32. The monoisotopic (exact) mass is 234 g/mol. The second-order valence-electron chi connectivity index (χ2n) is 3.05. The van der Waals surface area contributed by atoms with Gasteiger partial charge in [-0.25, -0.2) is 0 Å². The van der Waals surface area contributed by atoms with Gasteiger partial charge in [0.15, 0.2) is 5.11 Å². The normalized spacial score (nSPS) is 10.7. The van der Waals surface area contributed by atoms with Crippen LogP contribution in [0, 0.1) is 0 Å². The fourth-order valence-electron chi connectivity index (χ4n) is 0.980. The van der Waals surface area contributed by atoms with Gasteiger partial charge in [-0.1, -0.05) is 12.1 Å². The molecule has 0 bridgehead atoms. The fraction of sp³-hybridized carbons (Fsp3) is 0.182. The average Bonchev–Trinajstić information content (AvgIpc) is 2.34. The summed E-state index contributed by atoms with van der Waals surface area (Å²) in [7, 11) is 0. The van der Waals surface area contributed by atoms with Crippen molar-refractivity contribution in [3.8, 4) is 0 Å². The van der Waals surface area contributed by atoms with Crippen LogP contribution < -0.4 is 10.7 Å². The molecule has 5 heteroatoms. The molecule has 0 aliphatic carbocycles. The van der Waals surface area contributed by atoms with E-state index in [1.165, 1.54) is 0 Å². The minimum absolute atomic E-state index is 0.475. The quantitative estimate of drug-likeness (QED) is 0.358. The predicted molar refractivity (Wildman–Crippen MR) is 70.4 cm³/mol. The van der Waals surface area contributed by atoms with E-state index in [0.717, 1.165) is 11.3 Å². The Morgan fingerprint density at radius 3 is 3.12 bits per heavy atom. The summed E-state index contributed by atoms with van der Waals surface area (Å²) in [5.41, 5.74) is 4.54. The van der Waals surface area contributed by atoms with Gasteiger partial charge in [-0.05, 0) is 25.2 Å². The largest absolute Gasteiger partial charge is 0.358 e. The molecule has 0 saturated heterocycles. The first kappa shape index (κ1) is 12.3. The van der Waals surface area contributed by atoms with Crippen LogP contribution in [0.2, 0.25) is 0 Å². The van der Waals surface area contributed by atoms with Gasteiger partial charge in [0.2, 0.25) is 0 Å². The van der Waals surface area contributed by atoms with Crippen LogP contribution in [0.3, 0.4) is 0 Å². The molecule has 1 rings (SSSR count). The summed E-state index contributed by atoms with van der Waals surface area (Å²) >= 11 is 5.00. The summed E-state index contributed by atoms with van der Waals surface area (Å²) in [5, 5.41) is 7.53. The molecule has 0 atom stereocenters. The zero-order valence-electron chi connectivity index (χ0n) is 9.10. The zero-order valence-corrected chi connectivity index (χ0v) is 9.92.